The minimum atomic E-state index is -0.275. The number of aryl methyl sites for hydroxylation is 1. The van der Waals surface area contributed by atoms with E-state index in [0.29, 0.717) is 10.7 Å². The molecule has 0 aliphatic rings. The fraction of sp³-hybridized carbons (Fsp3) is 0.308. The monoisotopic (exact) mass is 310 g/mol. The minimum absolute atomic E-state index is 0.0945. The van der Waals surface area contributed by atoms with Crippen LogP contribution in [0.2, 0.25) is 5.02 Å². The van der Waals surface area contributed by atoms with Gasteiger partial charge in [-0.25, -0.2) is 0 Å². The van der Waals surface area contributed by atoms with Gasteiger partial charge in [0.25, 0.3) is 0 Å². The number of hydrogen-bond donors (Lipinski definition) is 1. The third-order valence-electron chi connectivity index (χ3n) is 2.66. The average molecular weight is 311 g/mol. The maximum absolute atomic E-state index is 12.1. The highest BCUT2D eigenvalue weighted by Crippen LogP contribution is 2.22. The Bertz CT molecular complexity index is 602. The summed E-state index contributed by atoms with van der Waals surface area (Å²) < 4.78 is 1.90. The van der Waals surface area contributed by atoms with Crippen LogP contribution in [0.15, 0.2) is 35.7 Å². The van der Waals surface area contributed by atoms with E-state index in [9.17, 15) is 4.79 Å². The maximum Gasteiger partial charge on any atom is 0.237 e. The molecule has 106 valence electrons. The molecule has 0 saturated carbocycles. The van der Waals surface area contributed by atoms with Crippen LogP contribution in [0.4, 0.5) is 5.69 Å². The Morgan fingerprint density at radius 1 is 1.55 bits per heavy atom. The summed E-state index contributed by atoms with van der Waals surface area (Å²) in [5.41, 5.74) is 0.687. The van der Waals surface area contributed by atoms with Gasteiger partial charge in [-0.05, 0) is 32.0 Å². The summed E-state index contributed by atoms with van der Waals surface area (Å²) in [4.78, 5) is 12.1. The van der Waals surface area contributed by atoms with Crippen LogP contribution in [0.1, 0.15) is 13.8 Å². The molecule has 0 radical (unpaired) electrons. The first-order valence-electron chi connectivity index (χ1n) is 6.21. The van der Waals surface area contributed by atoms with Crippen molar-refractivity contribution in [2.24, 2.45) is 0 Å². The molecule has 1 N–H and O–H groups in total. The molecule has 20 heavy (non-hydrogen) atoms. The summed E-state index contributed by atoms with van der Waals surface area (Å²) >= 11 is 7.26. The van der Waals surface area contributed by atoms with Crippen LogP contribution in [0.3, 0.4) is 0 Å². The van der Waals surface area contributed by atoms with Gasteiger partial charge in [0.1, 0.15) is 6.33 Å². The predicted octanol–water partition coefficient (Wildman–Crippen LogP) is 3.07. The van der Waals surface area contributed by atoms with Crippen molar-refractivity contribution < 1.29 is 4.79 Å². The van der Waals surface area contributed by atoms with Crippen molar-refractivity contribution in [3.8, 4) is 0 Å². The van der Waals surface area contributed by atoms with E-state index in [1.165, 1.54) is 11.8 Å². The zero-order valence-corrected chi connectivity index (χ0v) is 12.8. The molecule has 0 bridgehead atoms. The molecule has 7 heteroatoms. The number of nitrogens with one attached hydrogen (secondary N) is 1. The van der Waals surface area contributed by atoms with Crippen molar-refractivity contribution in [1.82, 2.24) is 14.8 Å². The number of anilines is 1. The van der Waals surface area contributed by atoms with E-state index < -0.39 is 0 Å². The lowest BCUT2D eigenvalue weighted by Crippen LogP contribution is -2.22. The average Bonchev–Trinajstić information content (AvgIpc) is 2.85. The highest BCUT2D eigenvalue weighted by atomic mass is 35.5. The van der Waals surface area contributed by atoms with Crippen molar-refractivity contribution in [2.45, 2.75) is 30.8 Å². The zero-order chi connectivity index (χ0) is 14.5. The second-order valence-corrected chi connectivity index (χ2v) is 5.90. The number of benzene rings is 1. The fourth-order valence-corrected chi connectivity index (χ4v) is 2.65. The number of carbonyl (C=O) groups is 1. The smallest absolute Gasteiger partial charge is 0.237 e. The quantitative estimate of drug-likeness (QED) is 0.862. The first kappa shape index (κ1) is 14.9. The molecule has 0 aliphatic carbocycles. The SMILES string of the molecule is CCn1cnnc1S[C@H](C)C(=O)Nc1cccc(Cl)c1. The summed E-state index contributed by atoms with van der Waals surface area (Å²) in [5, 5.41) is 11.7. The molecular formula is C13H15ClN4OS. The number of thioether (sulfide) groups is 1. The molecule has 5 nitrogen and oxygen atoms in total. The van der Waals surface area contributed by atoms with Gasteiger partial charge in [-0.3, -0.25) is 4.79 Å². The van der Waals surface area contributed by atoms with Crippen molar-refractivity contribution >= 4 is 35.0 Å². The Kier molecular flexibility index (Phi) is 5.03. The molecule has 0 aliphatic heterocycles. The third kappa shape index (κ3) is 3.74. The third-order valence-corrected chi connectivity index (χ3v) is 3.99. The van der Waals surface area contributed by atoms with Gasteiger partial charge >= 0.3 is 0 Å². The predicted molar refractivity (Wildman–Crippen MR) is 81.1 cm³/mol. The highest BCUT2D eigenvalue weighted by molar-refractivity contribution is 8.00. The van der Waals surface area contributed by atoms with E-state index in [4.69, 9.17) is 11.6 Å². The second kappa shape index (κ2) is 6.76. The molecule has 0 unspecified atom stereocenters. The summed E-state index contributed by atoms with van der Waals surface area (Å²) in [5.74, 6) is -0.0945. The van der Waals surface area contributed by atoms with Gasteiger partial charge in [-0.1, -0.05) is 29.4 Å². The molecule has 1 atom stereocenters. The molecule has 2 aromatic rings. The normalized spacial score (nSPS) is 12.2. The van der Waals surface area contributed by atoms with Crippen molar-refractivity contribution in [1.29, 1.82) is 0 Å². The number of amides is 1. The molecule has 2 rings (SSSR count). The Morgan fingerprint density at radius 3 is 3.05 bits per heavy atom. The maximum atomic E-state index is 12.1. The van der Waals surface area contributed by atoms with E-state index >= 15 is 0 Å². The van der Waals surface area contributed by atoms with Crippen LogP contribution < -0.4 is 5.32 Å². The van der Waals surface area contributed by atoms with E-state index in [0.717, 1.165) is 11.7 Å². The van der Waals surface area contributed by atoms with Gasteiger partial charge in [0.05, 0.1) is 5.25 Å². The Labute approximate surface area is 126 Å². The van der Waals surface area contributed by atoms with Gasteiger partial charge in [-0.15, -0.1) is 10.2 Å². The molecule has 0 spiro atoms. The largest absolute Gasteiger partial charge is 0.325 e. The van der Waals surface area contributed by atoms with Gasteiger partial charge in [0.2, 0.25) is 5.91 Å². The van der Waals surface area contributed by atoms with E-state index in [1.807, 2.05) is 18.4 Å². The summed E-state index contributed by atoms with van der Waals surface area (Å²) in [6.45, 7) is 4.61. The number of carbonyl (C=O) groups excluding carboxylic acids is 1. The Balaban J connectivity index is 1.99. The van der Waals surface area contributed by atoms with E-state index in [-0.39, 0.29) is 11.2 Å². The second-order valence-electron chi connectivity index (χ2n) is 4.16. The first-order chi connectivity index (χ1) is 9.60. The summed E-state index contributed by atoms with van der Waals surface area (Å²) in [7, 11) is 0. The lowest BCUT2D eigenvalue weighted by atomic mass is 10.3. The van der Waals surface area contributed by atoms with Gasteiger partial charge in [0, 0.05) is 17.3 Å². The van der Waals surface area contributed by atoms with Crippen LogP contribution >= 0.6 is 23.4 Å². The summed E-state index contributed by atoms with van der Waals surface area (Å²) in [6.07, 6.45) is 1.66. The minimum Gasteiger partial charge on any atom is -0.325 e. The first-order valence-corrected chi connectivity index (χ1v) is 7.46. The zero-order valence-electron chi connectivity index (χ0n) is 11.2. The fourth-order valence-electron chi connectivity index (χ4n) is 1.57. The van der Waals surface area contributed by atoms with E-state index in [1.54, 1.807) is 30.6 Å². The van der Waals surface area contributed by atoms with Crippen molar-refractivity contribution in [3.63, 3.8) is 0 Å². The Hall–Kier alpha value is -1.53. The van der Waals surface area contributed by atoms with Crippen molar-refractivity contribution in [2.75, 3.05) is 5.32 Å². The number of aromatic nitrogens is 3. The van der Waals surface area contributed by atoms with Gasteiger partial charge in [0.15, 0.2) is 5.16 Å². The van der Waals surface area contributed by atoms with Crippen LogP contribution in [0, 0.1) is 0 Å². The van der Waals surface area contributed by atoms with Gasteiger partial charge < -0.3 is 9.88 Å². The molecule has 1 heterocycles. The summed E-state index contributed by atoms with van der Waals surface area (Å²) in [6, 6.07) is 7.07. The lowest BCUT2D eigenvalue weighted by Gasteiger charge is -2.12. The molecule has 1 aromatic heterocycles. The van der Waals surface area contributed by atoms with Crippen LogP contribution in [0.25, 0.3) is 0 Å². The number of hydrogen-bond acceptors (Lipinski definition) is 4. The number of rotatable bonds is 5. The van der Waals surface area contributed by atoms with Crippen LogP contribution in [-0.4, -0.2) is 25.9 Å². The van der Waals surface area contributed by atoms with Crippen LogP contribution in [-0.2, 0) is 11.3 Å². The van der Waals surface area contributed by atoms with Gasteiger partial charge in [-0.2, -0.15) is 0 Å². The molecule has 1 amide bonds. The molecule has 1 aromatic carbocycles. The lowest BCUT2D eigenvalue weighted by molar-refractivity contribution is -0.115. The topological polar surface area (TPSA) is 59.8 Å². The van der Waals surface area contributed by atoms with E-state index in [2.05, 4.69) is 15.5 Å². The Morgan fingerprint density at radius 2 is 2.35 bits per heavy atom. The van der Waals surface area contributed by atoms with Crippen molar-refractivity contribution in [3.05, 3.63) is 35.6 Å². The molecular weight excluding hydrogens is 296 g/mol. The molecule has 0 fully saturated rings. The standard InChI is InChI=1S/C13H15ClN4OS/c1-3-18-8-15-17-13(18)20-9(2)12(19)16-11-6-4-5-10(14)7-11/h4-9H,3H2,1-2H3,(H,16,19)/t9-/m1/s1. The number of nitrogens with zero attached hydrogens (tertiary/aromatic N) is 3. The van der Waals surface area contributed by atoms with Crippen LogP contribution in [0.5, 0.6) is 0 Å². The highest BCUT2D eigenvalue weighted by Gasteiger charge is 2.17. The number of halogens is 1. The molecule has 0 saturated heterocycles.